The Morgan fingerprint density at radius 2 is 2.06 bits per heavy atom. The minimum atomic E-state index is 0.00834. The number of fused-ring (bicyclic) bond motifs is 2. The number of rotatable bonds is 7. The molecule has 0 fully saturated rings. The van der Waals surface area contributed by atoms with Crippen molar-refractivity contribution in [3.63, 3.8) is 0 Å². The number of anilines is 1. The van der Waals surface area contributed by atoms with E-state index >= 15 is 0 Å². The van der Waals surface area contributed by atoms with Crippen molar-refractivity contribution in [2.24, 2.45) is 11.8 Å². The molecule has 0 aromatic carbocycles. The van der Waals surface area contributed by atoms with Gasteiger partial charge in [-0.2, -0.15) is 0 Å². The lowest BCUT2D eigenvalue weighted by Gasteiger charge is -2.30. The largest absolute Gasteiger partial charge is 0.366 e. The van der Waals surface area contributed by atoms with Gasteiger partial charge in [0, 0.05) is 43.1 Å². The number of aryl methyl sites for hydroxylation is 2. The Labute approximate surface area is 182 Å². The van der Waals surface area contributed by atoms with Crippen LogP contribution in [0.1, 0.15) is 43.6 Å². The summed E-state index contributed by atoms with van der Waals surface area (Å²) in [7, 11) is 1.92. The Kier molecular flexibility index (Phi) is 6.15. The van der Waals surface area contributed by atoms with Crippen LogP contribution in [-0.4, -0.2) is 55.4 Å². The van der Waals surface area contributed by atoms with E-state index in [1.807, 2.05) is 31.1 Å². The number of carbonyl (C=O) groups is 1. The molecule has 164 valence electrons. The van der Waals surface area contributed by atoms with Gasteiger partial charge in [0.2, 0.25) is 5.91 Å². The summed E-state index contributed by atoms with van der Waals surface area (Å²) in [5, 5.41) is 4.56. The molecule has 0 radical (unpaired) electrons. The summed E-state index contributed by atoms with van der Waals surface area (Å²) in [4.78, 5) is 35.5. The Morgan fingerprint density at radius 3 is 2.87 bits per heavy atom. The molecule has 1 amide bonds. The number of carbonyl (C=O) groups excluding carboxylic acids is 1. The lowest BCUT2D eigenvalue weighted by molar-refractivity contribution is -0.134. The van der Waals surface area contributed by atoms with Crippen LogP contribution in [0.4, 0.5) is 5.82 Å². The number of amides is 1. The fourth-order valence-electron chi connectivity index (χ4n) is 4.39. The van der Waals surface area contributed by atoms with Crippen LogP contribution in [0.15, 0.2) is 24.9 Å². The Balaban J connectivity index is 1.38. The highest BCUT2D eigenvalue weighted by atomic mass is 16.2. The van der Waals surface area contributed by atoms with Crippen LogP contribution in [0.2, 0.25) is 0 Å². The fraction of sp³-hybridized carbons (Fsp3) is 0.522. The topological polar surface area (TPSA) is 99.7 Å². The third-order valence-electron chi connectivity index (χ3n) is 6.41. The zero-order chi connectivity index (χ0) is 22.0. The van der Waals surface area contributed by atoms with Crippen LogP contribution in [0, 0.1) is 18.8 Å². The first-order valence-corrected chi connectivity index (χ1v) is 11.0. The number of hydrogen-bond acceptors (Lipinski definition) is 6. The normalized spacial score (nSPS) is 16.9. The summed E-state index contributed by atoms with van der Waals surface area (Å²) in [5.41, 5.74) is 4.07. The third kappa shape index (κ3) is 4.52. The monoisotopic (exact) mass is 421 g/mol. The van der Waals surface area contributed by atoms with Gasteiger partial charge in [-0.1, -0.05) is 13.8 Å². The van der Waals surface area contributed by atoms with Gasteiger partial charge in [0.05, 0.1) is 5.39 Å². The van der Waals surface area contributed by atoms with Gasteiger partial charge in [0.1, 0.15) is 24.1 Å². The number of nitrogens with one attached hydrogen (secondary N) is 2. The molecule has 3 aromatic heterocycles. The molecular formula is C23H31N7O. The van der Waals surface area contributed by atoms with E-state index in [1.165, 1.54) is 0 Å². The Hall–Kier alpha value is -3.03. The third-order valence-corrected chi connectivity index (χ3v) is 6.41. The summed E-state index contributed by atoms with van der Waals surface area (Å²) in [6, 6.07) is 2.18. The standard InChI is InChI=1S/C23H31N7O/c1-14(2)19(29-22-17-7-9-24-21(17)27-13-28-22)8-10-30(4)23(31)16-5-6-20-18(11-16)15(3)25-12-26-20/h7,9,12-14,16,19H,5-6,8,10-11H2,1-4H3,(H2,24,27,28,29)/t16-,19+/m0/s1. The van der Waals surface area contributed by atoms with Crippen molar-refractivity contribution < 1.29 is 4.79 Å². The van der Waals surface area contributed by atoms with Crippen molar-refractivity contribution in [1.82, 2.24) is 29.8 Å². The molecule has 3 heterocycles. The van der Waals surface area contributed by atoms with Crippen LogP contribution in [0.5, 0.6) is 0 Å². The zero-order valence-corrected chi connectivity index (χ0v) is 18.7. The highest BCUT2D eigenvalue weighted by molar-refractivity contribution is 5.86. The van der Waals surface area contributed by atoms with E-state index in [-0.39, 0.29) is 17.9 Å². The molecule has 0 saturated heterocycles. The Bertz CT molecular complexity index is 1060. The van der Waals surface area contributed by atoms with Gasteiger partial charge in [-0.15, -0.1) is 0 Å². The van der Waals surface area contributed by atoms with Crippen LogP contribution in [-0.2, 0) is 17.6 Å². The van der Waals surface area contributed by atoms with E-state index in [2.05, 4.69) is 44.1 Å². The summed E-state index contributed by atoms with van der Waals surface area (Å²) < 4.78 is 0. The molecule has 31 heavy (non-hydrogen) atoms. The van der Waals surface area contributed by atoms with Crippen molar-refractivity contribution in [1.29, 1.82) is 0 Å². The first kappa shape index (κ1) is 21.2. The quantitative estimate of drug-likeness (QED) is 0.608. The zero-order valence-electron chi connectivity index (χ0n) is 18.7. The SMILES string of the molecule is Cc1ncnc2c1C[C@@H](C(=O)N(C)CC[C@@H](Nc1ncnc3[nH]ccc13)C(C)C)CC2. The lowest BCUT2D eigenvalue weighted by Crippen LogP contribution is -2.39. The van der Waals surface area contributed by atoms with Crippen LogP contribution < -0.4 is 5.32 Å². The highest BCUT2D eigenvalue weighted by Crippen LogP contribution is 2.27. The smallest absolute Gasteiger partial charge is 0.225 e. The first-order valence-electron chi connectivity index (χ1n) is 11.0. The Morgan fingerprint density at radius 1 is 1.26 bits per heavy atom. The second kappa shape index (κ2) is 8.99. The summed E-state index contributed by atoms with van der Waals surface area (Å²) in [6.07, 6.45) is 8.35. The van der Waals surface area contributed by atoms with Gasteiger partial charge >= 0.3 is 0 Å². The number of hydrogen-bond donors (Lipinski definition) is 2. The van der Waals surface area contributed by atoms with E-state index in [4.69, 9.17) is 0 Å². The van der Waals surface area contributed by atoms with Gasteiger partial charge in [0.25, 0.3) is 0 Å². The van der Waals surface area contributed by atoms with E-state index in [9.17, 15) is 4.79 Å². The molecule has 0 saturated carbocycles. The predicted molar refractivity (Wildman–Crippen MR) is 121 cm³/mol. The first-order chi connectivity index (χ1) is 14.9. The molecule has 4 rings (SSSR count). The molecule has 2 atom stereocenters. The van der Waals surface area contributed by atoms with Crippen molar-refractivity contribution in [3.05, 3.63) is 41.9 Å². The minimum absolute atomic E-state index is 0.00834. The molecule has 8 nitrogen and oxygen atoms in total. The maximum Gasteiger partial charge on any atom is 0.225 e. The van der Waals surface area contributed by atoms with Crippen molar-refractivity contribution >= 4 is 22.8 Å². The minimum Gasteiger partial charge on any atom is -0.366 e. The molecular weight excluding hydrogens is 390 g/mol. The molecule has 0 spiro atoms. The van der Waals surface area contributed by atoms with Gasteiger partial charge in [0.15, 0.2) is 0 Å². The number of aromatic amines is 1. The maximum absolute atomic E-state index is 13.1. The van der Waals surface area contributed by atoms with Gasteiger partial charge in [-0.05, 0) is 50.2 Å². The average molecular weight is 422 g/mol. The number of H-pyrrole nitrogens is 1. The second-order valence-electron chi connectivity index (χ2n) is 8.83. The van der Waals surface area contributed by atoms with Crippen molar-refractivity contribution in [2.45, 2.75) is 52.5 Å². The molecule has 0 bridgehead atoms. The lowest BCUT2D eigenvalue weighted by atomic mass is 9.85. The van der Waals surface area contributed by atoms with Crippen LogP contribution in [0.25, 0.3) is 11.0 Å². The highest BCUT2D eigenvalue weighted by Gasteiger charge is 2.29. The van der Waals surface area contributed by atoms with Gasteiger partial charge in [-0.25, -0.2) is 19.9 Å². The maximum atomic E-state index is 13.1. The molecule has 1 aliphatic rings. The summed E-state index contributed by atoms with van der Waals surface area (Å²) in [5.74, 6) is 1.45. The summed E-state index contributed by atoms with van der Waals surface area (Å²) >= 11 is 0. The van der Waals surface area contributed by atoms with E-state index in [0.29, 0.717) is 12.5 Å². The van der Waals surface area contributed by atoms with Crippen molar-refractivity contribution in [2.75, 3.05) is 18.9 Å². The number of aromatic nitrogens is 5. The van der Waals surface area contributed by atoms with E-state index < -0.39 is 0 Å². The van der Waals surface area contributed by atoms with Crippen LogP contribution >= 0.6 is 0 Å². The molecule has 8 heteroatoms. The molecule has 0 unspecified atom stereocenters. The molecule has 2 N–H and O–H groups in total. The van der Waals surface area contributed by atoms with Gasteiger partial charge in [-0.3, -0.25) is 4.79 Å². The van der Waals surface area contributed by atoms with E-state index in [0.717, 1.165) is 59.5 Å². The van der Waals surface area contributed by atoms with E-state index in [1.54, 1.807) is 12.7 Å². The predicted octanol–water partition coefficient (Wildman–Crippen LogP) is 3.15. The number of nitrogens with zero attached hydrogens (tertiary/aromatic N) is 5. The summed E-state index contributed by atoms with van der Waals surface area (Å²) in [6.45, 7) is 7.08. The molecule has 1 aliphatic carbocycles. The molecule has 0 aliphatic heterocycles. The second-order valence-corrected chi connectivity index (χ2v) is 8.83. The van der Waals surface area contributed by atoms with Crippen LogP contribution in [0.3, 0.4) is 0 Å². The van der Waals surface area contributed by atoms with Gasteiger partial charge < -0.3 is 15.2 Å². The van der Waals surface area contributed by atoms with Crippen molar-refractivity contribution in [3.8, 4) is 0 Å². The fourth-order valence-corrected chi connectivity index (χ4v) is 4.39. The average Bonchev–Trinajstić information content (AvgIpc) is 3.25. The molecule has 3 aromatic rings.